The van der Waals surface area contributed by atoms with Crippen molar-refractivity contribution in [1.82, 2.24) is 9.62 Å². The third-order valence-corrected chi connectivity index (χ3v) is 5.50. The minimum absolute atomic E-state index is 0.203. The van der Waals surface area contributed by atoms with Crippen LogP contribution in [0, 0.1) is 11.6 Å². The quantitative estimate of drug-likeness (QED) is 0.840. The van der Waals surface area contributed by atoms with Gasteiger partial charge in [0.2, 0.25) is 10.0 Å². The van der Waals surface area contributed by atoms with Gasteiger partial charge in [-0.05, 0) is 38.1 Å². The number of halogens is 2. The van der Waals surface area contributed by atoms with Crippen molar-refractivity contribution < 1.29 is 17.2 Å². The van der Waals surface area contributed by atoms with Gasteiger partial charge in [0, 0.05) is 19.1 Å². The zero-order valence-electron chi connectivity index (χ0n) is 12.8. The summed E-state index contributed by atoms with van der Waals surface area (Å²) < 4.78 is 54.0. The fourth-order valence-electron chi connectivity index (χ4n) is 2.16. The molecular formula is C14H22F2N2O2S. The van der Waals surface area contributed by atoms with Crippen LogP contribution in [0.5, 0.6) is 0 Å². The lowest BCUT2D eigenvalue weighted by Gasteiger charge is -2.26. The number of hydrogen-bond acceptors (Lipinski definition) is 3. The molecule has 4 nitrogen and oxygen atoms in total. The van der Waals surface area contributed by atoms with E-state index in [1.807, 2.05) is 6.92 Å². The van der Waals surface area contributed by atoms with E-state index in [2.05, 4.69) is 5.32 Å². The van der Waals surface area contributed by atoms with Crippen LogP contribution in [0.4, 0.5) is 8.78 Å². The molecule has 0 aliphatic carbocycles. The molecule has 0 aromatic heterocycles. The zero-order chi connectivity index (χ0) is 16.2. The highest BCUT2D eigenvalue weighted by atomic mass is 32.2. The van der Waals surface area contributed by atoms with E-state index in [-0.39, 0.29) is 19.1 Å². The van der Waals surface area contributed by atoms with Gasteiger partial charge in [0.15, 0.2) is 11.6 Å². The van der Waals surface area contributed by atoms with E-state index >= 15 is 0 Å². The summed E-state index contributed by atoms with van der Waals surface area (Å²) in [6.45, 7) is 5.73. The van der Waals surface area contributed by atoms with E-state index in [4.69, 9.17) is 0 Å². The Balaban J connectivity index is 3.42. The lowest BCUT2D eigenvalue weighted by molar-refractivity contribution is 0.339. The van der Waals surface area contributed by atoms with Crippen molar-refractivity contribution in [2.75, 3.05) is 13.6 Å². The van der Waals surface area contributed by atoms with Crippen molar-refractivity contribution in [2.24, 2.45) is 0 Å². The lowest BCUT2D eigenvalue weighted by atomic mass is 10.2. The fraction of sp³-hybridized carbons (Fsp3) is 0.571. The van der Waals surface area contributed by atoms with Crippen molar-refractivity contribution in [2.45, 2.75) is 44.7 Å². The molecule has 0 fully saturated rings. The van der Waals surface area contributed by atoms with E-state index in [0.717, 1.165) is 6.07 Å². The minimum atomic E-state index is -4.07. The molecule has 7 heteroatoms. The van der Waals surface area contributed by atoms with Gasteiger partial charge in [-0.2, -0.15) is 4.31 Å². The molecular weight excluding hydrogens is 298 g/mol. The van der Waals surface area contributed by atoms with Crippen LogP contribution in [0.15, 0.2) is 17.0 Å². The van der Waals surface area contributed by atoms with E-state index in [1.165, 1.54) is 10.4 Å². The summed E-state index contributed by atoms with van der Waals surface area (Å²) in [5.74, 6) is -2.47. The van der Waals surface area contributed by atoms with Gasteiger partial charge >= 0.3 is 0 Å². The van der Waals surface area contributed by atoms with Crippen LogP contribution in [0.25, 0.3) is 0 Å². The summed E-state index contributed by atoms with van der Waals surface area (Å²) >= 11 is 0. The second-order valence-corrected chi connectivity index (χ2v) is 6.74. The maximum absolute atomic E-state index is 14.0. The monoisotopic (exact) mass is 320 g/mol. The van der Waals surface area contributed by atoms with Crippen molar-refractivity contribution >= 4 is 10.0 Å². The number of nitrogens with one attached hydrogen (secondary N) is 1. The molecule has 0 saturated carbocycles. The molecule has 0 bridgehead atoms. The second kappa shape index (κ2) is 7.29. The Morgan fingerprint density at radius 1 is 1.29 bits per heavy atom. The van der Waals surface area contributed by atoms with Gasteiger partial charge in [-0.15, -0.1) is 0 Å². The normalized spacial score (nSPS) is 13.7. The Labute approximate surface area is 125 Å². The predicted octanol–water partition coefficient (Wildman–Crippen LogP) is 2.49. The number of hydrogen-bond donors (Lipinski definition) is 1. The van der Waals surface area contributed by atoms with Crippen LogP contribution in [-0.4, -0.2) is 32.4 Å². The SMILES string of the molecule is CCC(C)N(CC)S(=O)(=O)c1cc(CNC)cc(F)c1F. The highest BCUT2D eigenvalue weighted by Crippen LogP contribution is 2.25. The van der Waals surface area contributed by atoms with Gasteiger partial charge in [-0.25, -0.2) is 17.2 Å². The molecule has 1 aromatic carbocycles. The molecule has 0 spiro atoms. The molecule has 1 N–H and O–H groups in total. The van der Waals surface area contributed by atoms with Crippen LogP contribution in [0.1, 0.15) is 32.8 Å². The van der Waals surface area contributed by atoms with Crippen molar-refractivity contribution in [1.29, 1.82) is 0 Å². The Bertz CT molecular complexity index is 591. The lowest BCUT2D eigenvalue weighted by Crippen LogP contribution is -2.38. The van der Waals surface area contributed by atoms with E-state index in [1.54, 1.807) is 20.9 Å². The third-order valence-electron chi connectivity index (χ3n) is 3.42. The van der Waals surface area contributed by atoms with Crippen LogP contribution in [0.2, 0.25) is 0 Å². The van der Waals surface area contributed by atoms with Crippen molar-refractivity contribution in [3.05, 3.63) is 29.3 Å². The topological polar surface area (TPSA) is 49.4 Å². The smallest absolute Gasteiger partial charge is 0.246 e. The summed E-state index contributed by atoms with van der Waals surface area (Å²) in [6, 6.07) is 1.91. The Morgan fingerprint density at radius 2 is 1.90 bits per heavy atom. The second-order valence-electron chi connectivity index (χ2n) is 4.89. The Kier molecular flexibility index (Phi) is 6.24. The predicted molar refractivity (Wildman–Crippen MR) is 78.4 cm³/mol. The molecule has 0 saturated heterocycles. The molecule has 0 radical (unpaired) electrons. The number of sulfonamides is 1. The van der Waals surface area contributed by atoms with Crippen LogP contribution >= 0.6 is 0 Å². The van der Waals surface area contributed by atoms with Gasteiger partial charge in [-0.3, -0.25) is 0 Å². The van der Waals surface area contributed by atoms with Gasteiger partial charge < -0.3 is 5.32 Å². The molecule has 1 unspecified atom stereocenters. The summed E-state index contributed by atoms with van der Waals surface area (Å²) in [6.07, 6.45) is 0.591. The first-order valence-electron chi connectivity index (χ1n) is 6.93. The first kappa shape index (κ1) is 18.0. The molecule has 120 valence electrons. The number of nitrogens with zero attached hydrogens (tertiary/aromatic N) is 1. The molecule has 1 rings (SSSR count). The fourth-order valence-corrected chi connectivity index (χ4v) is 4.00. The maximum Gasteiger partial charge on any atom is 0.246 e. The average Bonchev–Trinajstić information content (AvgIpc) is 2.42. The van der Waals surface area contributed by atoms with Gasteiger partial charge in [0.05, 0.1) is 0 Å². The first-order valence-corrected chi connectivity index (χ1v) is 8.37. The summed E-state index contributed by atoms with van der Waals surface area (Å²) in [5, 5.41) is 2.79. The minimum Gasteiger partial charge on any atom is -0.316 e. The van der Waals surface area contributed by atoms with Crippen molar-refractivity contribution in [3.63, 3.8) is 0 Å². The third kappa shape index (κ3) is 3.78. The molecule has 1 atom stereocenters. The first-order chi connectivity index (χ1) is 9.79. The molecule has 0 heterocycles. The zero-order valence-corrected chi connectivity index (χ0v) is 13.6. The van der Waals surface area contributed by atoms with Crippen LogP contribution in [0.3, 0.4) is 0 Å². The number of benzene rings is 1. The molecule has 21 heavy (non-hydrogen) atoms. The van der Waals surface area contributed by atoms with E-state index < -0.39 is 26.6 Å². The maximum atomic E-state index is 14.0. The van der Waals surface area contributed by atoms with Crippen LogP contribution < -0.4 is 5.32 Å². The van der Waals surface area contributed by atoms with E-state index in [9.17, 15) is 17.2 Å². The summed E-state index contributed by atoms with van der Waals surface area (Å²) in [7, 11) is -2.42. The van der Waals surface area contributed by atoms with Gasteiger partial charge in [0.25, 0.3) is 0 Å². The standard InChI is InChI=1S/C14H22F2N2O2S/c1-5-10(3)18(6-2)21(19,20)13-8-11(9-17-4)7-12(15)14(13)16/h7-8,10,17H,5-6,9H2,1-4H3. The molecule has 0 aliphatic heterocycles. The van der Waals surface area contributed by atoms with Crippen LogP contribution in [-0.2, 0) is 16.6 Å². The highest BCUT2D eigenvalue weighted by Gasteiger charge is 2.31. The Hall–Kier alpha value is -1.05. The number of rotatable bonds is 7. The Morgan fingerprint density at radius 3 is 2.38 bits per heavy atom. The highest BCUT2D eigenvalue weighted by molar-refractivity contribution is 7.89. The molecule has 0 amide bonds. The van der Waals surface area contributed by atoms with Crippen molar-refractivity contribution in [3.8, 4) is 0 Å². The average molecular weight is 320 g/mol. The van der Waals surface area contributed by atoms with Gasteiger partial charge in [-0.1, -0.05) is 13.8 Å². The molecule has 1 aromatic rings. The van der Waals surface area contributed by atoms with Gasteiger partial charge in [0.1, 0.15) is 4.90 Å². The summed E-state index contributed by atoms with van der Waals surface area (Å²) in [5.41, 5.74) is 0.384. The van der Waals surface area contributed by atoms with E-state index in [0.29, 0.717) is 12.0 Å². The molecule has 0 aliphatic rings. The largest absolute Gasteiger partial charge is 0.316 e. The summed E-state index contributed by atoms with van der Waals surface area (Å²) in [4.78, 5) is -0.602.